The highest BCUT2D eigenvalue weighted by Crippen LogP contribution is 2.35. The van der Waals surface area contributed by atoms with Crippen LogP contribution >= 0.6 is 34.5 Å². The zero-order valence-electron chi connectivity index (χ0n) is 8.52. The van der Waals surface area contributed by atoms with E-state index in [0.717, 1.165) is 25.7 Å². The molecule has 0 N–H and O–H groups in total. The molecule has 2 heterocycles. The molecule has 0 bridgehead atoms. The van der Waals surface area contributed by atoms with Crippen molar-refractivity contribution in [3.8, 4) is 10.4 Å². The van der Waals surface area contributed by atoms with Gasteiger partial charge in [-0.25, -0.2) is 9.97 Å². The van der Waals surface area contributed by atoms with Crippen LogP contribution in [0.25, 0.3) is 20.7 Å². The summed E-state index contributed by atoms with van der Waals surface area (Å²) in [5.41, 5.74) is 1.98. The summed E-state index contributed by atoms with van der Waals surface area (Å²) in [5.74, 6) is 0. The first kappa shape index (κ1) is 11.0. The van der Waals surface area contributed by atoms with Crippen LogP contribution in [0.15, 0.2) is 36.7 Å². The number of benzene rings is 1. The van der Waals surface area contributed by atoms with E-state index in [0.29, 0.717) is 5.15 Å². The third-order valence-electron chi connectivity index (χ3n) is 2.40. The van der Waals surface area contributed by atoms with Gasteiger partial charge in [-0.15, -0.1) is 11.3 Å². The minimum Gasteiger partial charge on any atom is -0.235 e. The average molecular weight is 281 g/mol. The van der Waals surface area contributed by atoms with E-state index in [1.807, 2.05) is 30.3 Å². The Morgan fingerprint density at radius 3 is 2.47 bits per heavy atom. The fraction of sp³-hybridized carbons (Fsp3) is 0. The van der Waals surface area contributed by atoms with Gasteiger partial charge in [0.2, 0.25) is 0 Å². The summed E-state index contributed by atoms with van der Waals surface area (Å²) in [5, 5.41) is 1.23. The molecule has 0 unspecified atom stereocenters. The number of thiophene rings is 1. The lowest BCUT2D eigenvalue weighted by atomic mass is 10.2. The quantitative estimate of drug-likeness (QED) is 0.606. The van der Waals surface area contributed by atoms with Crippen LogP contribution in [0, 0.1) is 0 Å². The van der Waals surface area contributed by atoms with E-state index in [4.69, 9.17) is 23.2 Å². The molecule has 0 aliphatic carbocycles. The summed E-state index contributed by atoms with van der Waals surface area (Å²) in [7, 11) is 0. The van der Waals surface area contributed by atoms with Crippen LogP contribution in [-0.2, 0) is 0 Å². The summed E-state index contributed by atoms with van der Waals surface area (Å²) < 4.78 is 0.916. The molecule has 0 radical (unpaired) electrons. The largest absolute Gasteiger partial charge is 0.235 e. The number of aromatic nitrogens is 2. The standard InChI is InChI=1S/C12H6Cl2N2S/c13-8-3-1-7(2-4-8)10-5-9-11(17-10)12(14)16-6-15-9/h1-6H. The predicted molar refractivity (Wildman–Crippen MR) is 72.9 cm³/mol. The zero-order valence-corrected chi connectivity index (χ0v) is 10.9. The second-order valence-corrected chi connectivity index (χ2v) is 5.34. The molecular formula is C12H6Cl2N2S. The molecular weight excluding hydrogens is 275 g/mol. The molecule has 84 valence electrons. The summed E-state index contributed by atoms with van der Waals surface area (Å²) in [4.78, 5) is 9.28. The van der Waals surface area contributed by atoms with E-state index in [9.17, 15) is 0 Å². The third-order valence-corrected chi connectivity index (χ3v) is 4.23. The molecule has 0 aliphatic heterocycles. The first-order valence-electron chi connectivity index (χ1n) is 4.90. The Morgan fingerprint density at radius 2 is 1.76 bits per heavy atom. The van der Waals surface area contributed by atoms with Crippen LogP contribution in [0.4, 0.5) is 0 Å². The summed E-state index contributed by atoms with van der Waals surface area (Å²) in [6.07, 6.45) is 1.48. The molecule has 0 saturated heterocycles. The predicted octanol–water partition coefficient (Wildman–Crippen LogP) is 4.67. The van der Waals surface area contributed by atoms with Gasteiger partial charge in [-0.3, -0.25) is 0 Å². The van der Waals surface area contributed by atoms with Crippen LogP contribution < -0.4 is 0 Å². The van der Waals surface area contributed by atoms with Crippen LogP contribution in [0.5, 0.6) is 0 Å². The lowest BCUT2D eigenvalue weighted by Gasteiger charge is -1.95. The average Bonchev–Trinajstić information content (AvgIpc) is 2.75. The maximum atomic E-state index is 6.02. The Kier molecular flexibility index (Phi) is 2.74. The Morgan fingerprint density at radius 1 is 1.00 bits per heavy atom. The van der Waals surface area contributed by atoms with Gasteiger partial charge in [-0.05, 0) is 23.8 Å². The fourth-order valence-electron chi connectivity index (χ4n) is 1.58. The molecule has 17 heavy (non-hydrogen) atoms. The van der Waals surface area contributed by atoms with E-state index in [2.05, 4.69) is 9.97 Å². The highest BCUT2D eigenvalue weighted by Gasteiger charge is 2.08. The number of rotatable bonds is 1. The highest BCUT2D eigenvalue weighted by atomic mass is 35.5. The van der Waals surface area contributed by atoms with Crippen molar-refractivity contribution in [1.29, 1.82) is 0 Å². The van der Waals surface area contributed by atoms with E-state index < -0.39 is 0 Å². The van der Waals surface area contributed by atoms with Gasteiger partial charge in [0.25, 0.3) is 0 Å². The first-order chi connectivity index (χ1) is 8.24. The van der Waals surface area contributed by atoms with Crippen LogP contribution in [0.3, 0.4) is 0 Å². The van der Waals surface area contributed by atoms with Crippen LogP contribution in [0.1, 0.15) is 0 Å². The van der Waals surface area contributed by atoms with Gasteiger partial charge in [0.15, 0.2) is 0 Å². The molecule has 1 aromatic carbocycles. The minimum atomic E-state index is 0.500. The Labute approximate surface area is 112 Å². The molecule has 2 nitrogen and oxygen atoms in total. The van der Waals surface area contributed by atoms with Crippen molar-refractivity contribution < 1.29 is 0 Å². The van der Waals surface area contributed by atoms with Crippen LogP contribution in [-0.4, -0.2) is 9.97 Å². The van der Waals surface area contributed by atoms with E-state index in [-0.39, 0.29) is 0 Å². The first-order valence-corrected chi connectivity index (χ1v) is 6.47. The summed E-state index contributed by atoms with van der Waals surface area (Å²) >= 11 is 13.5. The lowest BCUT2D eigenvalue weighted by Crippen LogP contribution is -1.76. The maximum absolute atomic E-state index is 6.02. The second-order valence-electron chi connectivity index (χ2n) is 3.50. The number of nitrogens with zero attached hydrogens (tertiary/aromatic N) is 2. The lowest BCUT2D eigenvalue weighted by molar-refractivity contribution is 1.23. The van der Waals surface area contributed by atoms with Crippen molar-refractivity contribution in [3.05, 3.63) is 46.8 Å². The van der Waals surface area contributed by atoms with Gasteiger partial charge in [-0.1, -0.05) is 35.3 Å². The number of hydrogen-bond acceptors (Lipinski definition) is 3. The van der Waals surface area contributed by atoms with Crippen molar-refractivity contribution >= 4 is 44.8 Å². The molecule has 2 aromatic heterocycles. The number of hydrogen-bond donors (Lipinski definition) is 0. The Balaban J connectivity index is 2.18. The number of fused-ring (bicyclic) bond motifs is 1. The minimum absolute atomic E-state index is 0.500. The monoisotopic (exact) mass is 280 g/mol. The van der Waals surface area contributed by atoms with E-state index >= 15 is 0 Å². The number of halogens is 2. The van der Waals surface area contributed by atoms with Gasteiger partial charge in [0.05, 0.1) is 10.2 Å². The molecule has 0 atom stereocenters. The van der Waals surface area contributed by atoms with Gasteiger partial charge < -0.3 is 0 Å². The van der Waals surface area contributed by atoms with Crippen molar-refractivity contribution in [3.63, 3.8) is 0 Å². The molecule has 0 saturated carbocycles. The highest BCUT2D eigenvalue weighted by molar-refractivity contribution is 7.22. The molecule has 3 rings (SSSR count). The summed E-state index contributed by atoms with van der Waals surface area (Å²) in [6.45, 7) is 0. The van der Waals surface area contributed by atoms with E-state index in [1.165, 1.54) is 6.33 Å². The van der Waals surface area contributed by atoms with Gasteiger partial charge >= 0.3 is 0 Å². The normalized spacial score (nSPS) is 10.9. The van der Waals surface area contributed by atoms with Crippen molar-refractivity contribution in [1.82, 2.24) is 9.97 Å². The molecule has 0 amide bonds. The van der Waals surface area contributed by atoms with Crippen molar-refractivity contribution in [2.45, 2.75) is 0 Å². The Hall–Kier alpha value is -1.16. The van der Waals surface area contributed by atoms with Gasteiger partial charge in [0, 0.05) is 9.90 Å². The van der Waals surface area contributed by atoms with Crippen LogP contribution in [0.2, 0.25) is 10.2 Å². The molecule has 0 fully saturated rings. The van der Waals surface area contributed by atoms with Gasteiger partial charge in [0.1, 0.15) is 11.5 Å². The summed E-state index contributed by atoms with van der Waals surface area (Å²) in [6, 6.07) is 9.71. The third kappa shape index (κ3) is 2.02. The maximum Gasteiger partial charge on any atom is 0.150 e. The topological polar surface area (TPSA) is 25.8 Å². The van der Waals surface area contributed by atoms with Crippen molar-refractivity contribution in [2.75, 3.05) is 0 Å². The molecule has 5 heteroatoms. The molecule has 3 aromatic rings. The Bertz CT molecular complexity index is 677. The molecule has 0 spiro atoms. The molecule has 0 aliphatic rings. The van der Waals surface area contributed by atoms with Crippen molar-refractivity contribution in [2.24, 2.45) is 0 Å². The van der Waals surface area contributed by atoms with Gasteiger partial charge in [-0.2, -0.15) is 0 Å². The fourth-order valence-corrected chi connectivity index (χ4v) is 2.96. The second kappa shape index (κ2) is 4.26. The smallest absolute Gasteiger partial charge is 0.150 e. The van der Waals surface area contributed by atoms with E-state index in [1.54, 1.807) is 11.3 Å². The SMILES string of the molecule is Clc1ccc(-c2cc3ncnc(Cl)c3s2)cc1. The zero-order chi connectivity index (χ0) is 11.8.